The van der Waals surface area contributed by atoms with Crippen LogP contribution in [0.2, 0.25) is 0 Å². The van der Waals surface area contributed by atoms with Crippen LogP contribution in [0.4, 0.5) is 13.2 Å². The minimum Gasteiger partial charge on any atom is -0.481 e. The zero-order valence-corrected chi connectivity index (χ0v) is 15.1. The van der Waals surface area contributed by atoms with Gasteiger partial charge in [0.1, 0.15) is 0 Å². The number of alkyl halides is 3. The van der Waals surface area contributed by atoms with Crippen LogP contribution >= 0.6 is 0 Å². The highest BCUT2D eigenvalue weighted by Crippen LogP contribution is 2.38. The third kappa shape index (κ3) is 4.56. The molecule has 1 heterocycles. The largest absolute Gasteiger partial charge is 0.481 e. The summed E-state index contributed by atoms with van der Waals surface area (Å²) in [6.07, 6.45) is -3.73. The Morgan fingerprint density at radius 3 is 2.15 bits per heavy atom. The van der Waals surface area contributed by atoms with Gasteiger partial charge in [0, 0.05) is 13.1 Å². The Morgan fingerprint density at radius 1 is 1.15 bits per heavy atom. The molecule has 144 valence electrons. The van der Waals surface area contributed by atoms with Gasteiger partial charge >= 0.3 is 12.1 Å². The summed E-state index contributed by atoms with van der Waals surface area (Å²) in [4.78, 5) is 24.8. The van der Waals surface area contributed by atoms with Gasteiger partial charge in [0.2, 0.25) is 5.91 Å². The van der Waals surface area contributed by atoms with Crippen molar-refractivity contribution in [1.82, 2.24) is 4.90 Å². The van der Waals surface area contributed by atoms with Crippen molar-refractivity contribution in [3.63, 3.8) is 0 Å². The fraction of sp³-hybridized carbons (Fsp3) is 0.579. The standard InChI is InChI=1S/C19H24F3NO3/c1-11(2)8-13-4-6-14(7-5-13)12(3)17(24)23-9-15(18(25)26)16(10-23)19(20,21)22/h4-7,11-12,15-16H,8-10H2,1-3H3,(H,25,26)/t12-,15+,16+/m0/s1. The summed E-state index contributed by atoms with van der Waals surface area (Å²) in [5.41, 5.74) is 1.84. The first-order chi connectivity index (χ1) is 12.0. The molecule has 1 aromatic carbocycles. The topological polar surface area (TPSA) is 57.6 Å². The number of likely N-dealkylation sites (tertiary alicyclic amines) is 1. The molecule has 7 heteroatoms. The molecule has 0 aliphatic carbocycles. The Bertz CT molecular complexity index is 655. The molecule has 4 nitrogen and oxygen atoms in total. The molecule has 1 saturated heterocycles. The molecule has 2 rings (SSSR count). The first-order valence-electron chi connectivity index (χ1n) is 8.67. The smallest absolute Gasteiger partial charge is 0.394 e. The van der Waals surface area contributed by atoms with Crippen LogP contribution in [0.1, 0.15) is 37.8 Å². The molecule has 1 aliphatic heterocycles. The summed E-state index contributed by atoms with van der Waals surface area (Å²) >= 11 is 0. The lowest BCUT2D eigenvalue weighted by Gasteiger charge is -2.22. The average Bonchev–Trinajstić information content (AvgIpc) is 2.99. The van der Waals surface area contributed by atoms with E-state index in [0.29, 0.717) is 11.5 Å². The Morgan fingerprint density at radius 2 is 1.73 bits per heavy atom. The molecule has 1 fully saturated rings. The van der Waals surface area contributed by atoms with Crippen LogP contribution in [-0.4, -0.2) is 41.1 Å². The molecule has 3 atom stereocenters. The van der Waals surface area contributed by atoms with Gasteiger partial charge in [0.25, 0.3) is 0 Å². The number of halogens is 3. The van der Waals surface area contributed by atoms with Crippen LogP contribution in [0.15, 0.2) is 24.3 Å². The molecule has 1 amide bonds. The van der Waals surface area contributed by atoms with E-state index >= 15 is 0 Å². The number of aliphatic carboxylic acids is 1. The van der Waals surface area contributed by atoms with E-state index in [1.165, 1.54) is 0 Å². The highest BCUT2D eigenvalue weighted by Gasteiger charge is 2.53. The number of carbonyl (C=O) groups excluding carboxylic acids is 1. The third-order valence-electron chi connectivity index (χ3n) is 4.86. The average molecular weight is 371 g/mol. The Balaban J connectivity index is 2.11. The number of hydrogen-bond acceptors (Lipinski definition) is 2. The lowest BCUT2D eigenvalue weighted by molar-refractivity contribution is -0.188. The van der Waals surface area contributed by atoms with Crippen molar-refractivity contribution in [3.8, 4) is 0 Å². The van der Waals surface area contributed by atoms with E-state index < -0.39 is 48.9 Å². The third-order valence-corrected chi connectivity index (χ3v) is 4.86. The number of benzene rings is 1. The van der Waals surface area contributed by atoms with E-state index in [9.17, 15) is 22.8 Å². The van der Waals surface area contributed by atoms with E-state index in [4.69, 9.17) is 5.11 Å². The van der Waals surface area contributed by atoms with E-state index in [0.717, 1.165) is 16.9 Å². The Hall–Kier alpha value is -2.05. The van der Waals surface area contributed by atoms with Gasteiger partial charge in [-0.05, 0) is 30.4 Å². The number of carboxylic acids is 1. The van der Waals surface area contributed by atoms with Crippen LogP contribution in [-0.2, 0) is 16.0 Å². The van der Waals surface area contributed by atoms with Gasteiger partial charge in [-0.1, -0.05) is 38.1 Å². The van der Waals surface area contributed by atoms with E-state index in [1.807, 2.05) is 24.3 Å². The van der Waals surface area contributed by atoms with E-state index in [1.54, 1.807) is 6.92 Å². The van der Waals surface area contributed by atoms with Crippen molar-refractivity contribution in [2.24, 2.45) is 17.8 Å². The molecule has 0 unspecified atom stereocenters. The summed E-state index contributed by atoms with van der Waals surface area (Å²) in [5, 5.41) is 9.07. The van der Waals surface area contributed by atoms with Gasteiger partial charge < -0.3 is 10.0 Å². The molecule has 1 aliphatic rings. The molecule has 1 aromatic rings. The van der Waals surface area contributed by atoms with Gasteiger partial charge in [-0.3, -0.25) is 9.59 Å². The van der Waals surface area contributed by atoms with Gasteiger partial charge in [-0.2, -0.15) is 13.2 Å². The summed E-state index contributed by atoms with van der Waals surface area (Å²) in [5.74, 6) is -5.75. The van der Waals surface area contributed by atoms with Crippen molar-refractivity contribution in [1.29, 1.82) is 0 Å². The van der Waals surface area contributed by atoms with E-state index in [-0.39, 0.29) is 0 Å². The number of hydrogen-bond donors (Lipinski definition) is 1. The predicted octanol–water partition coefficient (Wildman–Crippen LogP) is 3.71. The highest BCUT2D eigenvalue weighted by molar-refractivity contribution is 5.84. The minimum absolute atomic E-state index is 0.409. The SMILES string of the molecule is CC(C)Cc1ccc([C@H](C)C(=O)N2C[C@@H](C(F)(F)F)[C@H](C(=O)O)C2)cc1. The van der Waals surface area contributed by atoms with Crippen LogP contribution < -0.4 is 0 Å². The fourth-order valence-electron chi connectivity index (χ4n) is 3.40. The van der Waals surface area contributed by atoms with Gasteiger partial charge in [0.15, 0.2) is 0 Å². The van der Waals surface area contributed by atoms with Crippen molar-refractivity contribution < 1.29 is 27.9 Å². The maximum Gasteiger partial charge on any atom is 0.394 e. The lowest BCUT2D eigenvalue weighted by atomic mass is 9.96. The first-order valence-corrected chi connectivity index (χ1v) is 8.67. The van der Waals surface area contributed by atoms with Crippen molar-refractivity contribution in [3.05, 3.63) is 35.4 Å². The molecule has 0 radical (unpaired) electrons. The second-order valence-electron chi connectivity index (χ2n) is 7.40. The summed E-state index contributed by atoms with van der Waals surface area (Å²) in [6.45, 7) is 4.83. The molecule has 0 spiro atoms. The summed E-state index contributed by atoms with van der Waals surface area (Å²) < 4.78 is 39.2. The lowest BCUT2D eigenvalue weighted by Crippen LogP contribution is -2.34. The molecule has 26 heavy (non-hydrogen) atoms. The molecule has 1 N–H and O–H groups in total. The van der Waals surface area contributed by atoms with Gasteiger partial charge in [-0.25, -0.2) is 0 Å². The summed E-state index contributed by atoms with van der Waals surface area (Å²) in [7, 11) is 0. The maximum atomic E-state index is 13.1. The Kier molecular flexibility index (Phi) is 5.98. The normalized spacial score (nSPS) is 21.9. The monoisotopic (exact) mass is 371 g/mol. The van der Waals surface area contributed by atoms with Crippen LogP contribution in [0.25, 0.3) is 0 Å². The van der Waals surface area contributed by atoms with Gasteiger partial charge in [-0.15, -0.1) is 0 Å². The molecule has 0 aromatic heterocycles. The van der Waals surface area contributed by atoms with Crippen LogP contribution in [0, 0.1) is 17.8 Å². The molecular formula is C19H24F3NO3. The highest BCUT2D eigenvalue weighted by atomic mass is 19.4. The molecular weight excluding hydrogens is 347 g/mol. The predicted molar refractivity (Wildman–Crippen MR) is 90.6 cm³/mol. The zero-order chi connectivity index (χ0) is 19.6. The Labute approximate surface area is 151 Å². The number of carboxylic acid groups (broad SMARTS) is 1. The fourth-order valence-corrected chi connectivity index (χ4v) is 3.40. The summed E-state index contributed by atoms with van der Waals surface area (Å²) in [6, 6.07) is 7.46. The second-order valence-corrected chi connectivity index (χ2v) is 7.40. The molecule has 0 saturated carbocycles. The molecule has 0 bridgehead atoms. The van der Waals surface area contributed by atoms with Crippen molar-refractivity contribution in [2.45, 2.75) is 39.3 Å². The van der Waals surface area contributed by atoms with Crippen molar-refractivity contribution >= 4 is 11.9 Å². The van der Waals surface area contributed by atoms with Crippen molar-refractivity contribution in [2.75, 3.05) is 13.1 Å². The zero-order valence-electron chi connectivity index (χ0n) is 15.1. The number of carbonyl (C=O) groups is 2. The number of rotatable bonds is 5. The van der Waals surface area contributed by atoms with Crippen LogP contribution in [0.5, 0.6) is 0 Å². The van der Waals surface area contributed by atoms with E-state index in [2.05, 4.69) is 13.8 Å². The number of amides is 1. The first kappa shape index (κ1) is 20.3. The van der Waals surface area contributed by atoms with Crippen LogP contribution in [0.3, 0.4) is 0 Å². The second kappa shape index (κ2) is 7.68. The maximum absolute atomic E-state index is 13.1. The minimum atomic E-state index is -4.64. The number of nitrogens with zero attached hydrogens (tertiary/aromatic N) is 1. The van der Waals surface area contributed by atoms with Gasteiger partial charge in [0.05, 0.1) is 17.8 Å². The quantitative estimate of drug-likeness (QED) is 0.858.